The third-order valence-corrected chi connectivity index (χ3v) is 4.71. The standard InChI is InChI=1S/C17H21NO5S/c1-9(2)23-17(22)13-8-10(3)24-15(13)18-14(19)11-6-4-5-7-12(11)16(20)21/h4-5,8-9,11-12H,6-7H2,1-3H3,(H,18,19)(H,20,21)/t11-,12+/m0/s1. The van der Waals surface area contributed by atoms with E-state index in [2.05, 4.69) is 5.32 Å². The van der Waals surface area contributed by atoms with Gasteiger partial charge in [-0.1, -0.05) is 12.2 Å². The van der Waals surface area contributed by atoms with E-state index >= 15 is 0 Å². The Balaban J connectivity index is 2.18. The average Bonchev–Trinajstić information content (AvgIpc) is 2.87. The van der Waals surface area contributed by atoms with Crippen molar-refractivity contribution in [1.82, 2.24) is 0 Å². The topological polar surface area (TPSA) is 92.7 Å². The van der Waals surface area contributed by atoms with E-state index in [0.717, 1.165) is 4.88 Å². The minimum atomic E-state index is -0.985. The SMILES string of the molecule is Cc1cc(C(=O)OC(C)C)c(NC(=O)[C@H]2CC=CC[C@H]2C(=O)O)s1. The number of carboxylic acids is 1. The van der Waals surface area contributed by atoms with Gasteiger partial charge in [-0.15, -0.1) is 11.3 Å². The fourth-order valence-corrected chi connectivity index (χ4v) is 3.52. The highest BCUT2D eigenvalue weighted by atomic mass is 32.1. The highest BCUT2D eigenvalue weighted by Crippen LogP contribution is 2.32. The summed E-state index contributed by atoms with van der Waals surface area (Å²) in [6.07, 6.45) is 4.04. The normalized spacial score (nSPS) is 20.0. The van der Waals surface area contributed by atoms with E-state index < -0.39 is 23.8 Å². The largest absolute Gasteiger partial charge is 0.481 e. The number of carbonyl (C=O) groups excluding carboxylic acids is 2. The first-order chi connectivity index (χ1) is 11.3. The van der Waals surface area contributed by atoms with Gasteiger partial charge in [0, 0.05) is 4.88 Å². The molecule has 0 spiro atoms. The van der Waals surface area contributed by atoms with Crippen molar-refractivity contribution in [2.75, 3.05) is 5.32 Å². The molecule has 0 fully saturated rings. The molecular weight excluding hydrogens is 330 g/mol. The number of ether oxygens (including phenoxy) is 1. The number of aryl methyl sites for hydroxylation is 1. The lowest BCUT2D eigenvalue weighted by Gasteiger charge is -2.24. The molecule has 0 unspecified atom stereocenters. The summed E-state index contributed by atoms with van der Waals surface area (Å²) in [5.41, 5.74) is 0.303. The molecule has 2 rings (SSSR count). The number of carboxylic acid groups (broad SMARTS) is 1. The van der Waals surface area contributed by atoms with Gasteiger partial charge in [0.15, 0.2) is 0 Å². The first-order valence-corrected chi connectivity index (χ1v) is 8.61. The second-order valence-corrected chi connectivity index (χ2v) is 7.29. The maximum absolute atomic E-state index is 12.5. The fraction of sp³-hybridized carbons (Fsp3) is 0.471. The van der Waals surface area contributed by atoms with Crippen LogP contribution in [-0.4, -0.2) is 29.1 Å². The summed E-state index contributed by atoms with van der Waals surface area (Å²) in [7, 11) is 0. The summed E-state index contributed by atoms with van der Waals surface area (Å²) in [5.74, 6) is -3.26. The Labute approximate surface area is 144 Å². The average molecular weight is 351 g/mol. The van der Waals surface area contributed by atoms with Crippen LogP contribution in [0, 0.1) is 18.8 Å². The van der Waals surface area contributed by atoms with Crippen LogP contribution in [0.4, 0.5) is 5.00 Å². The fourth-order valence-electron chi connectivity index (χ4n) is 2.62. The third kappa shape index (κ3) is 4.23. The van der Waals surface area contributed by atoms with Gasteiger partial charge in [0.05, 0.1) is 23.5 Å². The van der Waals surface area contributed by atoms with Crippen molar-refractivity contribution < 1.29 is 24.2 Å². The lowest BCUT2D eigenvalue weighted by Crippen LogP contribution is -2.34. The van der Waals surface area contributed by atoms with Gasteiger partial charge in [-0.25, -0.2) is 4.79 Å². The number of hydrogen-bond donors (Lipinski definition) is 2. The molecule has 7 heteroatoms. The van der Waals surface area contributed by atoms with Gasteiger partial charge in [0.2, 0.25) is 5.91 Å². The number of amides is 1. The molecule has 24 heavy (non-hydrogen) atoms. The molecule has 130 valence electrons. The number of hydrogen-bond acceptors (Lipinski definition) is 5. The van der Waals surface area contributed by atoms with Crippen molar-refractivity contribution in [2.45, 2.75) is 39.7 Å². The molecule has 0 radical (unpaired) electrons. The summed E-state index contributed by atoms with van der Waals surface area (Å²) < 4.78 is 5.19. The van der Waals surface area contributed by atoms with E-state index in [4.69, 9.17) is 4.74 Å². The Kier molecular flexibility index (Phi) is 5.77. The molecule has 0 saturated heterocycles. The number of aliphatic carboxylic acids is 1. The Morgan fingerprint density at radius 2 is 1.88 bits per heavy atom. The lowest BCUT2D eigenvalue weighted by molar-refractivity contribution is -0.146. The number of carbonyl (C=O) groups is 3. The van der Waals surface area contributed by atoms with Crippen LogP contribution in [0.3, 0.4) is 0 Å². The van der Waals surface area contributed by atoms with E-state index in [9.17, 15) is 19.5 Å². The summed E-state index contributed by atoms with van der Waals surface area (Å²) in [6, 6.07) is 1.67. The maximum atomic E-state index is 12.5. The van der Waals surface area contributed by atoms with E-state index in [1.807, 2.05) is 13.0 Å². The van der Waals surface area contributed by atoms with Crippen molar-refractivity contribution in [2.24, 2.45) is 11.8 Å². The highest BCUT2D eigenvalue weighted by molar-refractivity contribution is 7.16. The molecule has 1 aliphatic rings. The number of anilines is 1. The van der Waals surface area contributed by atoms with Crippen molar-refractivity contribution in [3.8, 4) is 0 Å². The van der Waals surface area contributed by atoms with Gasteiger partial charge >= 0.3 is 11.9 Å². The van der Waals surface area contributed by atoms with Gasteiger partial charge in [-0.3, -0.25) is 9.59 Å². The van der Waals surface area contributed by atoms with Crippen molar-refractivity contribution >= 4 is 34.2 Å². The first kappa shape index (κ1) is 18.2. The van der Waals surface area contributed by atoms with Gasteiger partial charge in [0.25, 0.3) is 0 Å². The van der Waals surface area contributed by atoms with Crippen LogP contribution in [0.25, 0.3) is 0 Å². The Morgan fingerprint density at radius 3 is 2.46 bits per heavy atom. The molecule has 0 aliphatic heterocycles. The Morgan fingerprint density at radius 1 is 1.25 bits per heavy atom. The Bertz CT molecular complexity index is 677. The molecule has 1 aliphatic carbocycles. The van der Waals surface area contributed by atoms with Gasteiger partial charge in [0.1, 0.15) is 5.00 Å². The third-order valence-electron chi connectivity index (χ3n) is 3.74. The van der Waals surface area contributed by atoms with Crippen LogP contribution in [-0.2, 0) is 14.3 Å². The number of rotatable bonds is 5. The molecule has 1 aromatic rings. The summed E-state index contributed by atoms with van der Waals surface area (Å²) in [4.78, 5) is 36.9. The van der Waals surface area contributed by atoms with Gasteiger partial charge in [-0.2, -0.15) is 0 Å². The van der Waals surface area contributed by atoms with E-state index in [1.165, 1.54) is 11.3 Å². The zero-order valence-corrected chi connectivity index (χ0v) is 14.7. The van der Waals surface area contributed by atoms with Crippen molar-refractivity contribution in [1.29, 1.82) is 0 Å². The van der Waals surface area contributed by atoms with E-state index in [1.54, 1.807) is 26.0 Å². The number of nitrogens with one attached hydrogen (secondary N) is 1. The maximum Gasteiger partial charge on any atom is 0.341 e. The van der Waals surface area contributed by atoms with Crippen molar-refractivity contribution in [3.05, 3.63) is 28.7 Å². The molecule has 1 amide bonds. The molecule has 0 bridgehead atoms. The predicted octanol–water partition coefficient (Wildman–Crippen LogP) is 3.23. The molecule has 1 heterocycles. The van der Waals surface area contributed by atoms with Crippen LogP contribution in [0.5, 0.6) is 0 Å². The first-order valence-electron chi connectivity index (χ1n) is 7.79. The zero-order valence-electron chi connectivity index (χ0n) is 13.9. The van der Waals surface area contributed by atoms with Crippen LogP contribution in [0.1, 0.15) is 41.9 Å². The van der Waals surface area contributed by atoms with Crippen LogP contribution in [0.2, 0.25) is 0 Å². The minimum Gasteiger partial charge on any atom is -0.481 e. The number of allylic oxidation sites excluding steroid dienone is 2. The van der Waals surface area contributed by atoms with Crippen LogP contribution < -0.4 is 5.32 Å². The zero-order chi connectivity index (χ0) is 17.9. The van der Waals surface area contributed by atoms with Crippen LogP contribution >= 0.6 is 11.3 Å². The Hall–Kier alpha value is -2.15. The molecule has 6 nitrogen and oxygen atoms in total. The molecule has 2 atom stereocenters. The summed E-state index contributed by atoms with van der Waals surface area (Å²) >= 11 is 1.27. The van der Waals surface area contributed by atoms with E-state index in [0.29, 0.717) is 23.4 Å². The molecule has 0 aromatic carbocycles. The quantitative estimate of drug-likeness (QED) is 0.627. The van der Waals surface area contributed by atoms with E-state index in [-0.39, 0.29) is 12.0 Å². The molecule has 1 aromatic heterocycles. The highest BCUT2D eigenvalue weighted by Gasteiger charge is 2.34. The van der Waals surface area contributed by atoms with Gasteiger partial charge in [-0.05, 0) is 39.7 Å². The van der Waals surface area contributed by atoms with Gasteiger partial charge < -0.3 is 15.2 Å². The molecular formula is C17H21NO5S. The number of thiophene rings is 1. The predicted molar refractivity (Wildman–Crippen MR) is 91.2 cm³/mol. The summed E-state index contributed by atoms with van der Waals surface area (Å²) in [6.45, 7) is 5.33. The second-order valence-electron chi connectivity index (χ2n) is 6.04. The lowest BCUT2D eigenvalue weighted by atomic mass is 9.82. The summed E-state index contributed by atoms with van der Waals surface area (Å²) in [5, 5.41) is 12.4. The van der Waals surface area contributed by atoms with Crippen LogP contribution in [0.15, 0.2) is 18.2 Å². The molecule has 2 N–H and O–H groups in total. The molecule has 0 saturated carbocycles. The monoisotopic (exact) mass is 351 g/mol. The minimum absolute atomic E-state index is 0.263. The van der Waals surface area contributed by atoms with Crippen molar-refractivity contribution in [3.63, 3.8) is 0 Å². The number of esters is 1. The smallest absolute Gasteiger partial charge is 0.341 e. The second kappa shape index (κ2) is 7.61.